The third kappa shape index (κ3) is 4.61. The van der Waals surface area contributed by atoms with E-state index in [4.69, 9.17) is 11.6 Å². The lowest BCUT2D eigenvalue weighted by atomic mass is 10.0. The number of hydrogen-bond acceptors (Lipinski definition) is 1. The smallest absolute Gasteiger partial charge is 0.224 e. The zero-order chi connectivity index (χ0) is 15.2. The Balaban J connectivity index is 1.91. The summed E-state index contributed by atoms with van der Waals surface area (Å²) in [5.41, 5.74) is 5.59. The number of carbonyl (C=O) groups excluding carboxylic acids is 1. The highest BCUT2D eigenvalue weighted by molar-refractivity contribution is 6.17. The maximum absolute atomic E-state index is 12.0. The summed E-state index contributed by atoms with van der Waals surface area (Å²) in [5.74, 6) is 0.560. The van der Waals surface area contributed by atoms with Crippen molar-refractivity contribution in [3.63, 3.8) is 0 Å². The van der Waals surface area contributed by atoms with Gasteiger partial charge >= 0.3 is 0 Å². The van der Waals surface area contributed by atoms with E-state index in [-0.39, 0.29) is 5.91 Å². The molecule has 3 heteroatoms. The fourth-order valence-electron chi connectivity index (χ4n) is 2.17. The van der Waals surface area contributed by atoms with Crippen molar-refractivity contribution >= 4 is 17.5 Å². The van der Waals surface area contributed by atoms with Gasteiger partial charge in [-0.25, -0.2) is 0 Å². The highest BCUT2D eigenvalue weighted by Gasteiger charge is 2.06. The van der Waals surface area contributed by atoms with Gasteiger partial charge in [-0.05, 0) is 36.1 Å². The zero-order valence-electron chi connectivity index (χ0n) is 12.4. The van der Waals surface area contributed by atoms with Gasteiger partial charge in [0.25, 0.3) is 0 Å². The molecule has 0 unspecified atom stereocenters. The minimum Gasteiger partial charge on any atom is -0.352 e. The normalized spacial score (nSPS) is 10.4. The van der Waals surface area contributed by atoms with Gasteiger partial charge in [0.2, 0.25) is 5.91 Å². The first-order valence-electron chi connectivity index (χ1n) is 7.05. The van der Waals surface area contributed by atoms with Gasteiger partial charge in [-0.1, -0.05) is 48.0 Å². The molecule has 0 aliphatic heterocycles. The van der Waals surface area contributed by atoms with Crippen molar-refractivity contribution in [1.29, 1.82) is 0 Å². The molecule has 0 bridgehead atoms. The van der Waals surface area contributed by atoms with Crippen molar-refractivity contribution in [1.82, 2.24) is 5.32 Å². The Morgan fingerprint density at radius 1 is 1.05 bits per heavy atom. The highest BCUT2D eigenvalue weighted by Crippen LogP contribution is 2.11. The summed E-state index contributed by atoms with van der Waals surface area (Å²) in [4.78, 5) is 12.0. The van der Waals surface area contributed by atoms with Crippen LogP contribution in [0.3, 0.4) is 0 Å². The molecule has 0 atom stereocenters. The van der Waals surface area contributed by atoms with Crippen molar-refractivity contribution in [2.45, 2.75) is 32.7 Å². The van der Waals surface area contributed by atoms with Crippen LogP contribution in [0.2, 0.25) is 0 Å². The predicted molar refractivity (Wildman–Crippen MR) is 87.5 cm³/mol. The van der Waals surface area contributed by atoms with Crippen molar-refractivity contribution in [2.24, 2.45) is 0 Å². The summed E-state index contributed by atoms with van der Waals surface area (Å²) >= 11 is 5.75. The average molecular weight is 302 g/mol. The summed E-state index contributed by atoms with van der Waals surface area (Å²) in [6.45, 7) is 4.62. The topological polar surface area (TPSA) is 29.1 Å². The molecular formula is C18H20ClNO. The maximum atomic E-state index is 12.0. The van der Waals surface area contributed by atoms with E-state index < -0.39 is 0 Å². The van der Waals surface area contributed by atoms with Crippen LogP contribution < -0.4 is 5.32 Å². The summed E-state index contributed by atoms with van der Waals surface area (Å²) in [6, 6.07) is 14.2. The molecule has 21 heavy (non-hydrogen) atoms. The molecule has 2 aromatic carbocycles. The van der Waals surface area contributed by atoms with Crippen LogP contribution in [-0.4, -0.2) is 5.91 Å². The average Bonchev–Trinajstić information content (AvgIpc) is 2.49. The molecule has 2 nitrogen and oxygen atoms in total. The Morgan fingerprint density at radius 3 is 2.38 bits per heavy atom. The Hall–Kier alpha value is -1.80. The molecule has 0 heterocycles. The van der Waals surface area contributed by atoms with Crippen molar-refractivity contribution in [3.8, 4) is 0 Å². The fraction of sp³-hybridized carbons (Fsp3) is 0.278. The van der Waals surface area contributed by atoms with Crippen LogP contribution in [0.5, 0.6) is 0 Å². The number of amides is 1. The minimum atomic E-state index is 0.0464. The molecular weight excluding hydrogens is 282 g/mol. The molecule has 0 saturated heterocycles. The van der Waals surface area contributed by atoms with Crippen LogP contribution in [0.4, 0.5) is 0 Å². The standard InChI is InChI=1S/C18H20ClNO/c1-13-3-4-14(2)17(9-13)10-18(21)20-12-16-7-5-15(11-19)6-8-16/h3-9H,10-12H2,1-2H3,(H,20,21). The molecule has 0 radical (unpaired) electrons. The first-order chi connectivity index (χ1) is 10.1. The van der Waals surface area contributed by atoms with Crippen LogP contribution in [-0.2, 0) is 23.6 Å². The number of halogens is 1. The Kier molecular flexibility index (Phi) is 5.40. The molecule has 0 spiro atoms. The molecule has 1 amide bonds. The Labute approximate surface area is 131 Å². The van der Waals surface area contributed by atoms with Gasteiger partial charge in [-0.2, -0.15) is 0 Å². The van der Waals surface area contributed by atoms with Crippen molar-refractivity contribution in [2.75, 3.05) is 0 Å². The molecule has 110 valence electrons. The van der Waals surface area contributed by atoms with Crippen LogP contribution in [0.25, 0.3) is 0 Å². The highest BCUT2D eigenvalue weighted by atomic mass is 35.5. The lowest BCUT2D eigenvalue weighted by Gasteiger charge is -2.09. The first-order valence-corrected chi connectivity index (χ1v) is 7.58. The molecule has 0 fully saturated rings. The van der Waals surface area contributed by atoms with Gasteiger partial charge in [0.15, 0.2) is 0 Å². The molecule has 0 aliphatic rings. The van der Waals surface area contributed by atoms with E-state index in [1.165, 1.54) is 5.56 Å². The van der Waals surface area contributed by atoms with Crippen molar-refractivity contribution in [3.05, 3.63) is 70.3 Å². The second-order valence-corrected chi connectivity index (χ2v) is 5.60. The van der Waals surface area contributed by atoms with Crippen LogP contribution >= 0.6 is 11.6 Å². The van der Waals surface area contributed by atoms with E-state index in [1.54, 1.807) is 0 Å². The summed E-state index contributed by atoms with van der Waals surface area (Å²) in [7, 11) is 0. The fourth-order valence-corrected chi connectivity index (χ4v) is 2.35. The second-order valence-electron chi connectivity index (χ2n) is 5.33. The maximum Gasteiger partial charge on any atom is 0.224 e. The predicted octanol–water partition coefficient (Wildman–Crippen LogP) is 3.90. The number of alkyl halides is 1. The SMILES string of the molecule is Cc1ccc(C)c(CC(=O)NCc2ccc(CCl)cc2)c1. The van der Waals surface area contributed by atoms with Gasteiger partial charge in [-0.3, -0.25) is 4.79 Å². The van der Waals surface area contributed by atoms with E-state index in [9.17, 15) is 4.79 Å². The first kappa shape index (κ1) is 15.6. The number of carbonyl (C=O) groups is 1. The minimum absolute atomic E-state index is 0.0464. The monoisotopic (exact) mass is 301 g/mol. The number of rotatable bonds is 5. The molecule has 0 saturated carbocycles. The van der Waals surface area contributed by atoms with E-state index in [0.717, 1.165) is 22.3 Å². The third-order valence-corrected chi connectivity index (χ3v) is 3.83. The van der Waals surface area contributed by atoms with E-state index >= 15 is 0 Å². The van der Waals surface area contributed by atoms with E-state index in [0.29, 0.717) is 18.8 Å². The number of aryl methyl sites for hydroxylation is 2. The van der Waals surface area contributed by atoms with Gasteiger partial charge in [0, 0.05) is 12.4 Å². The number of hydrogen-bond donors (Lipinski definition) is 1. The molecule has 2 aromatic rings. The summed E-state index contributed by atoms with van der Waals surface area (Å²) in [6.07, 6.45) is 0.424. The second kappa shape index (κ2) is 7.28. The molecule has 0 aromatic heterocycles. The Bertz CT molecular complexity index is 620. The lowest BCUT2D eigenvalue weighted by molar-refractivity contribution is -0.120. The largest absolute Gasteiger partial charge is 0.352 e. The number of benzene rings is 2. The van der Waals surface area contributed by atoms with E-state index in [1.807, 2.05) is 38.1 Å². The van der Waals surface area contributed by atoms with Gasteiger partial charge in [0.1, 0.15) is 0 Å². The summed E-state index contributed by atoms with van der Waals surface area (Å²) < 4.78 is 0. The third-order valence-electron chi connectivity index (χ3n) is 3.52. The van der Waals surface area contributed by atoms with Crippen molar-refractivity contribution < 1.29 is 4.79 Å². The lowest BCUT2D eigenvalue weighted by Crippen LogP contribution is -2.24. The molecule has 2 rings (SSSR count). The molecule has 1 N–H and O–H groups in total. The van der Waals surface area contributed by atoms with Gasteiger partial charge in [0.05, 0.1) is 6.42 Å². The Morgan fingerprint density at radius 2 is 1.71 bits per heavy atom. The van der Waals surface area contributed by atoms with Gasteiger partial charge in [-0.15, -0.1) is 11.6 Å². The van der Waals surface area contributed by atoms with E-state index in [2.05, 4.69) is 23.5 Å². The number of nitrogens with one attached hydrogen (secondary N) is 1. The van der Waals surface area contributed by atoms with Crippen LogP contribution in [0.1, 0.15) is 27.8 Å². The zero-order valence-corrected chi connectivity index (χ0v) is 13.2. The van der Waals surface area contributed by atoms with Crippen LogP contribution in [0.15, 0.2) is 42.5 Å². The van der Waals surface area contributed by atoms with Gasteiger partial charge < -0.3 is 5.32 Å². The quantitative estimate of drug-likeness (QED) is 0.834. The van der Waals surface area contributed by atoms with Crippen LogP contribution in [0, 0.1) is 13.8 Å². The summed E-state index contributed by atoms with van der Waals surface area (Å²) in [5, 5.41) is 2.96. The molecule has 0 aliphatic carbocycles.